The third-order valence-corrected chi connectivity index (χ3v) is 5.83. The van der Waals surface area contributed by atoms with Crippen molar-refractivity contribution in [1.29, 1.82) is 0 Å². The summed E-state index contributed by atoms with van der Waals surface area (Å²) in [7, 11) is 0. The molecule has 0 saturated heterocycles. The van der Waals surface area contributed by atoms with Crippen molar-refractivity contribution in [1.82, 2.24) is 10.3 Å². The fourth-order valence-electron chi connectivity index (χ4n) is 4.06. The van der Waals surface area contributed by atoms with E-state index in [9.17, 15) is 15.0 Å². The minimum absolute atomic E-state index is 0. The Bertz CT molecular complexity index is 1270. The molecule has 0 aliphatic rings. The topological polar surface area (TPSA) is 94.6 Å². The first kappa shape index (κ1) is 23.5. The summed E-state index contributed by atoms with van der Waals surface area (Å²) in [4.78, 5) is 16.6. The molecule has 34 heavy (non-hydrogen) atoms. The Morgan fingerprint density at radius 3 is 2.68 bits per heavy atom. The quantitative estimate of drug-likeness (QED) is 0.276. The largest absolute Gasteiger partial charge is 0.493 e. The van der Waals surface area contributed by atoms with Gasteiger partial charge < -0.3 is 25.3 Å². The summed E-state index contributed by atoms with van der Waals surface area (Å²) in [5.74, 6) is 0.204. The molecule has 6 heteroatoms. The monoisotopic (exact) mass is 460 g/mol. The van der Waals surface area contributed by atoms with Crippen LogP contribution in [0.1, 0.15) is 36.3 Å². The molecular formula is C28H32N2O4. The summed E-state index contributed by atoms with van der Waals surface area (Å²) in [5, 5.41) is 23.6. The van der Waals surface area contributed by atoms with E-state index in [-0.39, 0.29) is 20.5 Å². The molecule has 0 fully saturated rings. The van der Waals surface area contributed by atoms with Crippen LogP contribution in [0.25, 0.3) is 22.0 Å². The Labute approximate surface area is 200 Å². The Hall–Kier alpha value is -3.61. The lowest BCUT2D eigenvalue weighted by atomic mass is 9.99. The molecule has 1 amide bonds. The van der Waals surface area contributed by atoms with Crippen LogP contribution in [0.3, 0.4) is 0 Å². The molecule has 1 atom stereocenters. The number of carbonyl (C=O) groups excluding carboxylic acids is 1. The summed E-state index contributed by atoms with van der Waals surface area (Å²) in [6, 6.07) is 20.6. The van der Waals surface area contributed by atoms with Crippen LogP contribution in [-0.4, -0.2) is 40.4 Å². The van der Waals surface area contributed by atoms with Crippen LogP contribution in [0, 0.1) is 0 Å². The summed E-state index contributed by atoms with van der Waals surface area (Å²) in [5.41, 5.74) is 5.02. The molecule has 4 aromatic rings. The third kappa shape index (κ3) is 5.30. The zero-order chi connectivity index (χ0) is 23.9. The summed E-state index contributed by atoms with van der Waals surface area (Å²) < 4.78 is 5.85. The number of carbonyl (C=O) groups is 1. The predicted octanol–water partition coefficient (Wildman–Crippen LogP) is 4.70. The van der Waals surface area contributed by atoms with Crippen LogP contribution in [0.2, 0.25) is 0 Å². The fraction of sp³-hybridized carbons (Fsp3) is 0.250. The van der Waals surface area contributed by atoms with Crippen molar-refractivity contribution in [3.8, 4) is 16.9 Å². The summed E-state index contributed by atoms with van der Waals surface area (Å²) >= 11 is 0. The highest BCUT2D eigenvalue weighted by Crippen LogP contribution is 2.28. The van der Waals surface area contributed by atoms with Gasteiger partial charge in [-0.1, -0.05) is 49.4 Å². The smallest absolute Gasteiger partial charge is 0.255 e. The van der Waals surface area contributed by atoms with Crippen molar-refractivity contribution in [2.45, 2.75) is 32.4 Å². The van der Waals surface area contributed by atoms with Crippen LogP contribution in [0.4, 0.5) is 0 Å². The lowest BCUT2D eigenvalue weighted by Gasteiger charge is -2.18. The molecule has 4 N–H and O–H groups in total. The zero-order valence-electron chi connectivity index (χ0n) is 19.3. The maximum Gasteiger partial charge on any atom is 0.255 e. The van der Waals surface area contributed by atoms with Gasteiger partial charge in [-0.15, -0.1) is 0 Å². The van der Waals surface area contributed by atoms with E-state index in [1.807, 2.05) is 67.7 Å². The van der Waals surface area contributed by atoms with Gasteiger partial charge in [0.1, 0.15) is 5.75 Å². The highest BCUT2D eigenvalue weighted by atomic mass is 16.5. The SMILES string of the molecule is CCCOc1ccc(-c2cccc(CO)c2)cc1C(=O)N[C@H](CO)Cc1c[nH]c2ccccc12.[HH]. The number of aliphatic hydroxyl groups excluding tert-OH is 2. The maximum absolute atomic E-state index is 13.3. The second kappa shape index (κ2) is 11.0. The van der Waals surface area contributed by atoms with Gasteiger partial charge in [-0.3, -0.25) is 4.79 Å². The molecule has 0 radical (unpaired) electrons. The van der Waals surface area contributed by atoms with Crippen molar-refractivity contribution >= 4 is 16.8 Å². The van der Waals surface area contributed by atoms with E-state index in [2.05, 4.69) is 10.3 Å². The van der Waals surface area contributed by atoms with E-state index < -0.39 is 6.04 Å². The van der Waals surface area contributed by atoms with Crippen molar-refractivity contribution in [2.24, 2.45) is 0 Å². The molecule has 0 unspecified atom stereocenters. The van der Waals surface area contributed by atoms with Crippen molar-refractivity contribution < 1.29 is 21.2 Å². The standard InChI is InChI=1S/C28H30N2O4.H2/c1-2-12-34-27-11-10-21(20-7-5-6-19(13-20)17-31)15-25(27)28(33)30-23(18-32)14-22-16-29-26-9-4-3-8-24(22)26;/h3-11,13,15-16,23,29,31-32H,2,12,14,17-18H2,1H3,(H,30,33);1H/t23-;/m0./s1. The van der Waals surface area contributed by atoms with E-state index in [4.69, 9.17) is 4.74 Å². The van der Waals surface area contributed by atoms with Crippen LogP contribution in [0.5, 0.6) is 5.75 Å². The number of benzene rings is 3. The molecule has 1 aromatic heterocycles. The number of fused-ring (bicyclic) bond motifs is 1. The number of ether oxygens (including phenoxy) is 1. The van der Waals surface area contributed by atoms with Gasteiger partial charge in [-0.2, -0.15) is 0 Å². The zero-order valence-corrected chi connectivity index (χ0v) is 19.3. The lowest BCUT2D eigenvalue weighted by molar-refractivity contribution is 0.0912. The van der Waals surface area contributed by atoms with Crippen molar-refractivity contribution in [3.05, 3.63) is 89.6 Å². The lowest BCUT2D eigenvalue weighted by Crippen LogP contribution is -2.39. The molecule has 0 aliphatic carbocycles. The molecular weight excluding hydrogens is 428 g/mol. The van der Waals surface area contributed by atoms with Gasteiger partial charge in [0.15, 0.2) is 0 Å². The van der Waals surface area contributed by atoms with Gasteiger partial charge >= 0.3 is 0 Å². The van der Waals surface area contributed by atoms with Gasteiger partial charge in [0.05, 0.1) is 31.4 Å². The molecule has 3 aromatic carbocycles. The normalized spacial score (nSPS) is 12.0. The van der Waals surface area contributed by atoms with E-state index in [0.717, 1.165) is 39.6 Å². The Morgan fingerprint density at radius 2 is 1.88 bits per heavy atom. The maximum atomic E-state index is 13.3. The van der Waals surface area contributed by atoms with Crippen molar-refractivity contribution in [2.75, 3.05) is 13.2 Å². The van der Waals surface area contributed by atoms with Crippen LogP contribution in [-0.2, 0) is 13.0 Å². The van der Waals surface area contributed by atoms with Crippen LogP contribution < -0.4 is 10.1 Å². The van der Waals surface area contributed by atoms with Gasteiger partial charge in [0.2, 0.25) is 0 Å². The van der Waals surface area contributed by atoms with E-state index in [0.29, 0.717) is 24.3 Å². The first-order valence-corrected chi connectivity index (χ1v) is 11.6. The number of rotatable bonds is 10. The average molecular weight is 461 g/mol. The van der Waals surface area contributed by atoms with Crippen LogP contribution in [0.15, 0.2) is 72.9 Å². The third-order valence-electron chi connectivity index (χ3n) is 5.83. The van der Waals surface area contributed by atoms with Gasteiger partial charge in [0.25, 0.3) is 5.91 Å². The number of aliphatic hydroxyl groups is 2. The van der Waals surface area contributed by atoms with Crippen molar-refractivity contribution in [3.63, 3.8) is 0 Å². The Balaban J connectivity index is 0.00000342. The second-order valence-electron chi connectivity index (χ2n) is 8.33. The van der Waals surface area contributed by atoms with Gasteiger partial charge in [-0.05, 0) is 59.4 Å². The molecule has 4 rings (SSSR count). The van der Waals surface area contributed by atoms with Gasteiger partial charge in [0, 0.05) is 18.5 Å². The van der Waals surface area contributed by atoms with E-state index in [1.54, 1.807) is 12.1 Å². The van der Waals surface area contributed by atoms with E-state index in [1.165, 1.54) is 0 Å². The Kier molecular flexibility index (Phi) is 7.62. The molecule has 0 saturated carbocycles. The molecule has 6 nitrogen and oxygen atoms in total. The number of hydrogen-bond acceptors (Lipinski definition) is 4. The first-order chi connectivity index (χ1) is 16.6. The Morgan fingerprint density at radius 1 is 1.06 bits per heavy atom. The number of amides is 1. The molecule has 178 valence electrons. The van der Waals surface area contributed by atoms with Gasteiger partial charge in [-0.25, -0.2) is 0 Å². The first-order valence-electron chi connectivity index (χ1n) is 11.6. The van der Waals surface area contributed by atoms with E-state index >= 15 is 0 Å². The number of aromatic amines is 1. The molecule has 0 bridgehead atoms. The molecule has 0 spiro atoms. The summed E-state index contributed by atoms with van der Waals surface area (Å²) in [6.45, 7) is 2.27. The highest BCUT2D eigenvalue weighted by molar-refractivity contribution is 5.98. The average Bonchev–Trinajstić information content (AvgIpc) is 3.29. The summed E-state index contributed by atoms with van der Waals surface area (Å²) in [6.07, 6.45) is 3.24. The molecule has 1 heterocycles. The second-order valence-corrected chi connectivity index (χ2v) is 8.33. The predicted molar refractivity (Wildman–Crippen MR) is 136 cm³/mol. The molecule has 0 aliphatic heterocycles. The highest BCUT2D eigenvalue weighted by Gasteiger charge is 2.19. The number of aromatic nitrogens is 1. The fourth-order valence-corrected chi connectivity index (χ4v) is 4.06. The number of nitrogens with one attached hydrogen (secondary N) is 2. The number of hydrogen-bond donors (Lipinski definition) is 4. The minimum atomic E-state index is -0.452. The minimum Gasteiger partial charge on any atom is -0.493 e. The van der Waals surface area contributed by atoms with Crippen LogP contribution >= 0.6 is 0 Å². The number of para-hydroxylation sites is 1. The number of H-pyrrole nitrogens is 1.